The number of ether oxygens (including phenoxy) is 1. The molecule has 0 atom stereocenters. The van der Waals surface area contributed by atoms with Crippen LogP contribution >= 0.6 is 22.9 Å². The van der Waals surface area contributed by atoms with Crippen molar-refractivity contribution in [2.45, 2.75) is 20.1 Å². The Morgan fingerprint density at radius 2 is 2.00 bits per heavy atom. The molecular formula is C21H16ClF2N5O3S. The molecule has 0 bridgehead atoms. The Morgan fingerprint density at radius 1 is 1.27 bits per heavy atom. The molecule has 12 heteroatoms. The number of carbonyl (C=O) groups excluding carboxylic acids is 2. The molecule has 3 aromatic heterocycles. The summed E-state index contributed by atoms with van der Waals surface area (Å²) in [4.78, 5) is 29.1. The van der Waals surface area contributed by atoms with Crippen LogP contribution in [0.1, 0.15) is 37.8 Å². The van der Waals surface area contributed by atoms with Crippen LogP contribution in [0.25, 0.3) is 10.2 Å². The summed E-state index contributed by atoms with van der Waals surface area (Å²) < 4.78 is 33.2. The molecule has 8 nitrogen and oxygen atoms in total. The number of anilines is 1. The number of fused-ring (bicyclic) bond motifs is 1. The second-order valence-electron chi connectivity index (χ2n) is 6.91. The molecule has 0 saturated carbocycles. The number of halogens is 3. The van der Waals surface area contributed by atoms with Crippen molar-refractivity contribution in [2.24, 2.45) is 5.73 Å². The van der Waals surface area contributed by atoms with Gasteiger partial charge >= 0.3 is 0 Å². The number of alkyl halides is 2. The number of nitrogens with one attached hydrogen (secondary N) is 1. The number of rotatable bonds is 7. The Hall–Kier alpha value is -3.57. The van der Waals surface area contributed by atoms with E-state index in [1.54, 1.807) is 31.2 Å². The van der Waals surface area contributed by atoms with E-state index in [0.29, 0.717) is 21.7 Å². The minimum atomic E-state index is -2.78. The molecule has 170 valence electrons. The third-order valence-corrected chi connectivity index (χ3v) is 6.03. The van der Waals surface area contributed by atoms with Crippen molar-refractivity contribution in [3.8, 4) is 5.75 Å². The van der Waals surface area contributed by atoms with Gasteiger partial charge in [-0.05, 0) is 48.9 Å². The molecule has 3 heterocycles. The summed E-state index contributed by atoms with van der Waals surface area (Å²) in [6.45, 7) is 1.52. The maximum absolute atomic E-state index is 13.1. The molecule has 0 aliphatic rings. The molecule has 0 saturated heterocycles. The van der Waals surface area contributed by atoms with Gasteiger partial charge in [0.05, 0.1) is 5.69 Å². The van der Waals surface area contributed by atoms with Crippen LogP contribution in [0, 0.1) is 6.92 Å². The van der Waals surface area contributed by atoms with Crippen molar-refractivity contribution in [3.05, 3.63) is 69.4 Å². The van der Waals surface area contributed by atoms with E-state index in [1.165, 1.54) is 23.0 Å². The Morgan fingerprint density at radius 3 is 2.67 bits per heavy atom. The number of nitrogens with zero attached hydrogens (tertiary/aromatic N) is 3. The summed E-state index contributed by atoms with van der Waals surface area (Å²) in [7, 11) is 0. The van der Waals surface area contributed by atoms with Gasteiger partial charge in [0.2, 0.25) is 0 Å². The summed E-state index contributed by atoms with van der Waals surface area (Å²) in [6.07, 6.45) is -1.36. The SMILES string of the molecule is Cc1cc(C(F)F)nc2sc(C(N)=O)c(NC(=O)c3ccnn3COc3ccc(Cl)cc3)c12. The van der Waals surface area contributed by atoms with E-state index in [-0.39, 0.29) is 27.8 Å². The van der Waals surface area contributed by atoms with Crippen molar-refractivity contribution in [1.29, 1.82) is 0 Å². The zero-order valence-electron chi connectivity index (χ0n) is 17.0. The molecule has 4 rings (SSSR count). The van der Waals surface area contributed by atoms with E-state index >= 15 is 0 Å². The molecule has 2 amide bonds. The number of benzene rings is 1. The van der Waals surface area contributed by atoms with Gasteiger partial charge in [0.25, 0.3) is 18.2 Å². The third kappa shape index (κ3) is 4.64. The summed E-state index contributed by atoms with van der Waals surface area (Å²) in [5.74, 6) is -0.879. The highest BCUT2D eigenvalue weighted by molar-refractivity contribution is 7.21. The second-order valence-corrected chi connectivity index (χ2v) is 8.35. The number of aromatic nitrogens is 3. The standard InChI is InChI=1S/C21H16ClF2N5O3S/c1-10-8-13(18(23)24)27-21-15(10)16(17(33-21)19(25)30)28-20(31)14-6-7-26-29(14)9-32-12-4-2-11(22)3-5-12/h2-8,18H,9H2,1H3,(H2,25,30)(H,28,31). The predicted molar refractivity (Wildman–Crippen MR) is 120 cm³/mol. The molecule has 0 fully saturated rings. The van der Waals surface area contributed by atoms with Crippen molar-refractivity contribution in [3.63, 3.8) is 0 Å². The van der Waals surface area contributed by atoms with Crippen LogP contribution in [0.15, 0.2) is 42.6 Å². The maximum atomic E-state index is 13.1. The van der Waals surface area contributed by atoms with E-state index in [9.17, 15) is 18.4 Å². The van der Waals surface area contributed by atoms with E-state index < -0.39 is 23.9 Å². The number of amides is 2. The third-order valence-electron chi connectivity index (χ3n) is 4.68. The first kappa shape index (κ1) is 22.6. The fourth-order valence-corrected chi connectivity index (χ4v) is 4.38. The van der Waals surface area contributed by atoms with Crippen LogP contribution < -0.4 is 15.8 Å². The van der Waals surface area contributed by atoms with Crippen molar-refractivity contribution < 1.29 is 23.1 Å². The summed E-state index contributed by atoms with van der Waals surface area (Å²) in [6, 6.07) is 9.35. The summed E-state index contributed by atoms with van der Waals surface area (Å²) >= 11 is 6.70. The van der Waals surface area contributed by atoms with E-state index in [2.05, 4.69) is 15.4 Å². The number of aryl methyl sites for hydroxylation is 1. The highest BCUT2D eigenvalue weighted by atomic mass is 35.5. The number of nitrogens with two attached hydrogens (primary N) is 1. The summed E-state index contributed by atoms with van der Waals surface area (Å²) in [5, 5.41) is 7.68. The first-order chi connectivity index (χ1) is 15.7. The van der Waals surface area contributed by atoms with Crippen LogP contribution in [0.5, 0.6) is 5.75 Å². The lowest BCUT2D eigenvalue weighted by atomic mass is 10.1. The molecule has 0 aliphatic carbocycles. The van der Waals surface area contributed by atoms with Crippen molar-refractivity contribution in [1.82, 2.24) is 14.8 Å². The molecule has 3 N–H and O–H groups in total. The smallest absolute Gasteiger partial charge is 0.280 e. The lowest BCUT2D eigenvalue weighted by Crippen LogP contribution is -2.21. The Kier molecular flexibility index (Phi) is 6.25. The molecule has 4 aromatic rings. The molecule has 0 radical (unpaired) electrons. The van der Waals surface area contributed by atoms with Crippen LogP contribution in [0.2, 0.25) is 5.02 Å². The monoisotopic (exact) mass is 491 g/mol. The van der Waals surface area contributed by atoms with Gasteiger partial charge in [-0.2, -0.15) is 5.10 Å². The van der Waals surface area contributed by atoms with Crippen LogP contribution in [0.3, 0.4) is 0 Å². The number of primary amides is 1. The topological polar surface area (TPSA) is 112 Å². The zero-order chi connectivity index (χ0) is 23.7. The van der Waals surface area contributed by atoms with E-state index in [4.69, 9.17) is 22.1 Å². The quantitative estimate of drug-likeness (QED) is 0.386. The largest absolute Gasteiger partial charge is 0.471 e. The van der Waals surface area contributed by atoms with Gasteiger partial charge in [-0.25, -0.2) is 18.4 Å². The zero-order valence-corrected chi connectivity index (χ0v) is 18.6. The average Bonchev–Trinajstić information content (AvgIpc) is 3.38. The Bertz CT molecular complexity index is 1350. The van der Waals surface area contributed by atoms with Crippen LogP contribution in [-0.4, -0.2) is 26.6 Å². The minimum absolute atomic E-state index is 0.00356. The summed E-state index contributed by atoms with van der Waals surface area (Å²) in [5.41, 5.74) is 5.73. The number of pyridine rings is 1. The highest BCUT2D eigenvalue weighted by Gasteiger charge is 2.24. The number of hydrogen-bond donors (Lipinski definition) is 2. The molecular weight excluding hydrogens is 476 g/mol. The van der Waals surface area contributed by atoms with Crippen molar-refractivity contribution >= 4 is 50.7 Å². The van der Waals surface area contributed by atoms with Gasteiger partial charge in [0, 0.05) is 16.6 Å². The maximum Gasteiger partial charge on any atom is 0.280 e. The average molecular weight is 492 g/mol. The van der Waals surface area contributed by atoms with Gasteiger partial charge in [0.15, 0.2) is 6.73 Å². The normalized spacial score (nSPS) is 11.2. The lowest BCUT2D eigenvalue weighted by Gasteiger charge is -2.11. The van der Waals surface area contributed by atoms with Crippen LogP contribution in [0.4, 0.5) is 14.5 Å². The molecule has 0 spiro atoms. The van der Waals surface area contributed by atoms with Crippen LogP contribution in [-0.2, 0) is 6.73 Å². The molecule has 1 aromatic carbocycles. The number of carbonyl (C=O) groups is 2. The van der Waals surface area contributed by atoms with Gasteiger partial charge in [-0.1, -0.05) is 11.6 Å². The fraction of sp³-hybridized carbons (Fsp3) is 0.143. The Labute approximate surface area is 194 Å². The first-order valence-electron chi connectivity index (χ1n) is 9.48. The predicted octanol–water partition coefficient (Wildman–Crippen LogP) is 4.78. The van der Waals surface area contributed by atoms with Gasteiger partial charge < -0.3 is 15.8 Å². The van der Waals surface area contributed by atoms with Gasteiger partial charge in [-0.15, -0.1) is 11.3 Å². The van der Waals surface area contributed by atoms with Gasteiger partial charge in [-0.3, -0.25) is 9.59 Å². The van der Waals surface area contributed by atoms with Crippen molar-refractivity contribution in [2.75, 3.05) is 5.32 Å². The highest BCUT2D eigenvalue weighted by Crippen LogP contribution is 2.38. The first-order valence-corrected chi connectivity index (χ1v) is 10.7. The Balaban J connectivity index is 1.63. The van der Waals surface area contributed by atoms with E-state index in [1.807, 2.05) is 0 Å². The molecule has 0 aliphatic heterocycles. The van der Waals surface area contributed by atoms with E-state index in [0.717, 1.165) is 11.3 Å². The number of thiophene rings is 1. The lowest BCUT2D eigenvalue weighted by molar-refractivity contribution is 0.100. The van der Waals surface area contributed by atoms with Gasteiger partial charge in [0.1, 0.15) is 26.8 Å². The minimum Gasteiger partial charge on any atom is -0.471 e. The molecule has 33 heavy (non-hydrogen) atoms. The molecule has 0 unspecified atom stereocenters. The fourth-order valence-electron chi connectivity index (χ4n) is 3.18. The number of hydrogen-bond acceptors (Lipinski definition) is 6. The second kappa shape index (κ2) is 9.12.